The van der Waals surface area contributed by atoms with E-state index >= 15 is 0 Å². The summed E-state index contributed by atoms with van der Waals surface area (Å²) in [5, 5.41) is 5.65. The summed E-state index contributed by atoms with van der Waals surface area (Å²) in [5.74, 6) is 0. The first-order valence-electron chi connectivity index (χ1n) is 6.66. The fourth-order valence-electron chi connectivity index (χ4n) is 2.10. The third-order valence-electron chi connectivity index (χ3n) is 3.43. The molecule has 23 heavy (non-hydrogen) atoms. The third kappa shape index (κ3) is 3.56. The lowest BCUT2D eigenvalue weighted by atomic mass is 10.0. The van der Waals surface area contributed by atoms with E-state index < -0.39 is 21.9 Å². The van der Waals surface area contributed by atoms with Crippen LogP contribution in [0, 0.1) is 6.92 Å². The first kappa shape index (κ1) is 17.5. The number of alkyl halides is 3. The molecule has 0 spiro atoms. The highest BCUT2D eigenvalue weighted by Gasteiger charge is 2.37. The Morgan fingerprint density at radius 1 is 1.17 bits per heavy atom. The summed E-state index contributed by atoms with van der Waals surface area (Å²) in [7, 11) is -0.740. The van der Waals surface area contributed by atoms with Crippen LogP contribution in [0.5, 0.6) is 0 Å². The van der Waals surface area contributed by atoms with E-state index in [-0.39, 0.29) is 16.9 Å². The minimum absolute atomic E-state index is 0.0134. The van der Waals surface area contributed by atoms with Gasteiger partial charge in [0.15, 0.2) is 5.69 Å². The molecular formula is C14H16F3N3O2S. The molecule has 2 rings (SSSR count). The first-order chi connectivity index (χ1) is 10.5. The number of halogens is 3. The monoisotopic (exact) mass is 347 g/mol. The largest absolute Gasteiger partial charge is 0.435 e. The molecule has 1 aromatic heterocycles. The van der Waals surface area contributed by atoms with Gasteiger partial charge in [-0.25, -0.2) is 12.7 Å². The van der Waals surface area contributed by atoms with E-state index in [9.17, 15) is 21.6 Å². The normalized spacial score (nSPS) is 12.8. The summed E-state index contributed by atoms with van der Waals surface area (Å²) in [5.41, 5.74) is 0.0146. The third-order valence-corrected chi connectivity index (χ3v) is 5.25. The molecule has 126 valence electrons. The van der Waals surface area contributed by atoms with Crippen LogP contribution in [-0.2, 0) is 22.6 Å². The van der Waals surface area contributed by atoms with E-state index in [4.69, 9.17) is 0 Å². The lowest BCUT2D eigenvalue weighted by Gasteiger charge is -2.12. The number of aryl methyl sites for hydroxylation is 1. The topological polar surface area (TPSA) is 66.1 Å². The molecule has 0 aliphatic carbocycles. The second kappa shape index (κ2) is 5.97. The highest BCUT2D eigenvalue weighted by atomic mass is 32.2. The van der Waals surface area contributed by atoms with Gasteiger partial charge in [0.2, 0.25) is 10.0 Å². The van der Waals surface area contributed by atoms with Crippen LogP contribution >= 0.6 is 0 Å². The Kier molecular flexibility index (Phi) is 4.54. The standard InChI is InChI=1S/C14H16F3N3O2S/c1-9-12(13(19-18-9)14(15,16)17)8-10-4-6-11(7-5-10)23(21,22)20(2)3/h4-7H,8H2,1-3H3,(H,18,19). The molecule has 0 fully saturated rings. The van der Waals surface area contributed by atoms with Crippen LogP contribution in [0.1, 0.15) is 22.5 Å². The molecule has 0 bridgehead atoms. The number of H-pyrrole nitrogens is 1. The van der Waals surface area contributed by atoms with Crippen molar-refractivity contribution in [2.45, 2.75) is 24.4 Å². The Morgan fingerprint density at radius 2 is 1.74 bits per heavy atom. The van der Waals surface area contributed by atoms with Crippen molar-refractivity contribution in [1.82, 2.24) is 14.5 Å². The predicted octanol–water partition coefficient (Wildman–Crippen LogP) is 2.58. The smallest absolute Gasteiger partial charge is 0.282 e. The Labute approximate surface area is 132 Å². The molecule has 0 radical (unpaired) electrons. The van der Waals surface area contributed by atoms with Crippen molar-refractivity contribution in [3.05, 3.63) is 46.8 Å². The fraction of sp³-hybridized carbons (Fsp3) is 0.357. The maximum Gasteiger partial charge on any atom is 0.435 e. The van der Waals surface area contributed by atoms with Crippen molar-refractivity contribution in [2.75, 3.05) is 14.1 Å². The minimum atomic E-state index is -4.53. The lowest BCUT2D eigenvalue weighted by molar-refractivity contribution is -0.141. The first-order valence-corrected chi connectivity index (χ1v) is 8.10. The summed E-state index contributed by atoms with van der Waals surface area (Å²) in [6, 6.07) is 5.77. The van der Waals surface area contributed by atoms with E-state index in [2.05, 4.69) is 10.2 Å². The fourth-order valence-corrected chi connectivity index (χ4v) is 3.00. The van der Waals surface area contributed by atoms with Crippen molar-refractivity contribution in [3.8, 4) is 0 Å². The van der Waals surface area contributed by atoms with Gasteiger partial charge in [-0.1, -0.05) is 12.1 Å². The summed E-state index contributed by atoms with van der Waals surface area (Å²) in [6.45, 7) is 1.52. The predicted molar refractivity (Wildman–Crippen MR) is 78.4 cm³/mol. The zero-order valence-electron chi connectivity index (χ0n) is 12.8. The van der Waals surface area contributed by atoms with Gasteiger partial charge in [0, 0.05) is 31.8 Å². The minimum Gasteiger partial charge on any atom is -0.282 e. The van der Waals surface area contributed by atoms with Gasteiger partial charge in [-0.15, -0.1) is 0 Å². The van der Waals surface area contributed by atoms with Crippen molar-refractivity contribution in [3.63, 3.8) is 0 Å². The molecule has 9 heteroatoms. The number of rotatable bonds is 4. The van der Waals surface area contributed by atoms with Crippen LogP contribution in [0.25, 0.3) is 0 Å². The van der Waals surface area contributed by atoms with Crippen molar-refractivity contribution in [1.29, 1.82) is 0 Å². The van der Waals surface area contributed by atoms with E-state index in [1.54, 1.807) is 0 Å². The zero-order chi connectivity index (χ0) is 17.4. The van der Waals surface area contributed by atoms with Gasteiger partial charge in [0.25, 0.3) is 0 Å². The average molecular weight is 347 g/mol. The van der Waals surface area contributed by atoms with Gasteiger partial charge in [0.05, 0.1) is 4.90 Å². The SMILES string of the molecule is Cc1[nH]nc(C(F)(F)F)c1Cc1ccc(S(=O)(=O)N(C)C)cc1. The Bertz CT molecular complexity index is 794. The molecule has 0 unspecified atom stereocenters. The number of aromatic amines is 1. The number of hydrogen-bond donors (Lipinski definition) is 1. The molecule has 0 aliphatic heterocycles. The van der Waals surface area contributed by atoms with Crippen LogP contribution in [0.2, 0.25) is 0 Å². The average Bonchev–Trinajstić information content (AvgIpc) is 2.80. The molecule has 2 aromatic rings. The summed E-state index contributed by atoms with van der Waals surface area (Å²) in [6.07, 6.45) is -4.52. The van der Waals surface area contributed by atoms with E-state index in [1.165, 1.54) is 45.3 Å². The van der Waals surface area contributed by atoms with Crippen LogP contribution < -0.4 is 0 Å². The quantitative estimate of drug-likeness (QED) is 0.924. The highest BCUT2D eigenvalue weighted by Crippen LogP contribution is 2.32. The van der Waals surface area contributed by atoms with E-state index in [0.717, 1.165) is 4.31 Å². The Hall–Kier alpha value is -1.87. The van der Waals surface area contributed by atoms with Crippen LogP contribution in [-0.4, -0.2) is 37.0 Å². The van der Waals surface area contributed by atoms with Gasteiger partial charge in [-0.05, 0) is 24.6 Å². The van der Waals surface area contributed by atoms with E-state index in [1.807, 2.05) is 0 Å². The number of hydrogen-bond acceptors (Lipinski definition) is 3. The van der Waals surface area contributed by atoms with Gasteiger partial charge in [-0.2, -0.15) is 18.3 Å². The summed E-state index contributed by atoms with van der Waals surface area (Å²) < 4.78 is 63.7. The molecule has 0 atom stereocenters. The molecule has 0 amide bonds. The number of aromatic nitrogens is 2. The van der Waals surface area contributed by atoms with Gasteiger partial charge >= 0.3 is 6.18 Å². The molecule has 1 heterocycles. The van der Waals surface area contributed by atoms with Crippen molar-refractivity contribution < 1.29 is 21.6 Å². The molecule has 1 aromatic carbocycles. The number of nitrogens with zero attached hydrogens (tertiary/aromatic N) is 2. The zero-order valence-corrected chi connectivity index (χ0v) is 13.6. The maximum atomic E-state index is 12.9. The molecule has 1 N–H and O–H groups in total. The second-order valence-electron chi connectivity index (χ2n) is 5.28. The number of nitrogens with one attached hydrogen (secondary N) is 1. The Balaban J connectivity index is 2.32. The molecule has 0 saturated heterocycles. The number of sulfonamides is 1. The molecule has 0 aliphatic rings. The Morgan fingerprint density at radius 3 is 2.22 bits per heavy atom. The van der Waals surface area contributed by atoms with Crippen molar-refractivity contribution in [2.24, 2.45) is 0 Å². The van der Waals surface area contributed by atoms with Gasteiger partial charge in [-0.3, -0.25) is 5.10 Å². The maximum absolute atomic E-state index is 12.9. The van der Waals surface area contributed by atoms with Gasteiger partial charge < -0.3 is 0 Å². The van der Waals surface area contributed by atoms with Crippen LogP contribution in [0.3, 0.4) is 0 Å². The van der Waals surface area contributed by atoms with Crippen LogP contribution in [0.15, 0.2) is 29.2 Å². The van der Waals surface area contributed by atoms with Crippen molar-refractivity contribution >= 4 is 10.0 Å². The molecular weight excluding hydrogens is 331 g/mol. The summed E-state index contributed by atoms with van der Waals surface area (Å²) >= 11 is 0. The molecule has 5 nitrogen and oxygen atoms in total. The second-order valence-corrected chi connectivity index (χ2v) is 7.43. The van der Waals surface area contributed by atoms with Gasteiger partial charge in [0.1, 0.15) is 0 Å². The van der Waals surface area contributed by atoms with E-state index in [0.29, 0.717) is 11.3 Å². The summed E-state index contributed by atoms with van der Waals surface area (Å²) in [4.78, 5) is 0.0891. The number of benzene rings is 1. The molecule has 0 saturated carbocycles. The lowest BCUT2D eigenvalue weighted by Crippen LogP contribution is -2.22. The highest BCUT2D eigenvalue weighted by molar-refractivity contribution is 7.89. The van der Waals surface area contributed by atoms with Crippen LogP contribution in [0.4, 0.5) is 13.2 Å².